The van der Waals surface area contributed by atoms with E-state index >= 15 is 0 Å². The molecule has 0 aliphatic carbocycles. The minimum absolute atomic E-state index is 0.0406. The first-order valence-corrected chi connectivity index (χ1v) is 12.7. The maximum atomic E-state index is 12.7. The quantitative estimate of drug-likeness (QED) is 0.239. The number of carboxylic acid groups (broad SMARTS) is 1. The molecule has 0 saturated heterocycles. The van der Waals surface area contributed by atoms with Gasteiger partial charge in [0.05, 0.1) is 18.8 Å². The van der Waals surface area contributed by atoms with Gasteiger partial charge >= 0.3 is 5.97 Å². The van der Waals surface area contributed by atoms with E-state index in [2.05, 4.69) is 10.4 Å². The SMILES string of the molecule is COc1ccccc1-n1nc(C(=O)O)c(C(Nc2cc(Cl)ccc2C)c2ccc(Cl)cc2C)c1C(C)C. The molecular weight excluding hydrogens is 509 g/mol. The average molecular weight is 538 g/mol. The molecule has 6 nitrogen and oxygen atoms in total. The summed E-state index contributed by atoms with van der Waals surface area (Å²) in [7, 11) is 1.58. The second-order valence-electron chi connectivity index (χ2n) is 9.23. The summed E-state index contributed by atoms with van der Waals surface area (Å²) in [4.78, 5) is 12.7. The molecule has 0 radical (unpaired) electrons. The van der Waals surface area contributed by atoms with E-state index in [1.165, 1.54) is 0 Å². The third kappa shape index (κ3) is 5.31. The van der Waals surface area contributed by atoms with Crippen molar-refractivity contribution < 1.29 is 14.6 Å². The molecule has 37 heavy (non-hydrogen) atoms. The number of carbonyl (C=O) groups is 1. The van der Waals surface area contributed by atoms with Gasteiger partial charge in [0, 0.05) is 21.3 Å². The number of halogens is 2. The Kier molecular flexibility index (Phi) is 7.81. The van der Waals surface area contributed by atoms with Crippen molar-refractivity contribution in [1.82, 2.24) is 9.78 Å². The van der Waals surface area contributed by atoms with Gasteiger partial charge in [0.1, 0.15) is 11.4 Å². The van der Waals surface area contributed by atoms with E-state index in [4.69, 9.17) is 27.9 Å². The molecule has 0 bridgehead atoms. The number of aromatic nitrogens is 2. The van der Waals surface area contributed by atoms with Gasteiger partial charge in [-0.05, 0) is 72.9 Å². The summed E-state index contributed by atoms with van der Waals surface area (Å²) in [6.07, 6.45) is 0. The fourth-order valence-electron chi connectivity index (χ4n) is 4.60. The van der Waals surface area contributed by atoms with Crippen molar-refractivity contribution in [1.29, 1.82) is 0 Å². The third-order valence-electron chi connectivity index (χ3n) is 6.35. The van der Waals surface area contributed by atoms with Gasteiger partial charge in [0.2, 0.25) is 0 Å². The van der Waals surface area contributed by atoms with Crippen molar-refractivity contribution in [3.8, 4) is 11.4 Å². The zero-order valence-corrected chi connectivity index (χ0v) is 22.9. The Morgan fingerprint density at radius 2 is 1.68 bits per heavy atom. The number of para-hydroxylation sites is 2. The van der Waals surface area contributed by atoms with Crippen LogP contribution in [0.25, 0.3) is 5.69 Å². The van der Waals surface area contributed by atoms with E-state index in [0.29, 0.717) is 27.0 Å². The first kappa shape index (κ1) is 26.6. The van der Waals surface area contributed by atoms with E-state index in [1.807, 2.05) is 88.4 Å². The van der Waals surface area contributed by atoms with Crippen LogP contribution in [-0.4, -0.2) is 28.0 Å². The van der Waals surface area contributed by atoms with E-state index in [1.54, 1.807) is 11.8 Å². The first-order valence-electron chi connectivity index (χ1n) is 11.9. The van der Waals surface area contributed by atoms with Crippen LogP contribution in [0.3, 0.4) is 0 Å². The predicted molar refractivity (Wildman–Crippen MR) is 149 cm³/mol. The van der Waals surface area contributed by atoms with Crippen LogP contribution in [0.5, 0.6) is 5.75 Å². The lowest BCUT2D eigenvalue weighted by Gasteiger charge is -2.26. The highest BCUT2D eigenvalue weighted by Crippen LogP contribution is 2.40. The van der Waals surface area contributed by atoms with Crippen LogP contribution < -0.4 is 10.1 Å². The molecule has 1 heterocycles. The smallest absolute Gasteiger partial charge is 0.356 e. The molecule has 8 heteroatoms. The van der Waals surface area contributed by atoms with Crippen molar-refractivity contribution in [2.75, 3.05) is 12.4 Å². The molecule has 0 aliphatic heterocycles. The van der Waals surface area contributed by atoms with Crippen molar-refractivity contribution in [3.05, 3.63) is 104 Å². The Balaban J connectivity index is 2.06. The van der Waals surface area contributed by atoms with Crippen LogP contribution in [-0.2, 0) is 0 Å². The van der Waals surface area contributed by atoms with Crippen LogP contribution in [0.2, 0.25) is 10.0 Å². The number of rotatable bonds is 8. The molecule has 4 aromatic rings. The summed E-state index contributed by atoms with van der Waals surface area (Å²) in [5, 5.41) is 19.8. The summed E-state index contributed by atoms with van der Waals surface area (Å²) in [6.45, 7) is 7.98. The number of nitrogens with zero attached hydrogens (tertiary/aromatic N) is 2. The Morgan fingerprint density at radius 1 is 1.00 bits per heavy atom. The summed E-state index contributed by atoms with van der Waals surface area (Å²) >= 11 is 12.6. The first-order chi connectivity index (χ1) is 17.6. The zero-order chi connectivity index (χ0) is 26.9. The van der Waals surface area contributed by atoms with Crippen LogP contribution in [0.15, 0.2) is 60.7 Å². The van der Waals surface area contributed by atoms with Gasteiger partial charge in [-0.2, -0.15) is 5.10 Å². The Morgan fingerprint density at radius 3 is 2.32 bits per heavy atom. The maximum Gasteiger partial charge on any atom is 0.356 e. The fourth-order valence-corrected chi connectivity index (χ4v) is 5.00. The normalized spacial score (nSPS) is 12.0. The van der Waals surface area contributed by atoms with Crippen molar-refractivity contribution in [3.63, 3.8) is 0 Å². The molecule has 0 aliphatic rings. The predicted octanol–water partition coefficient (Wildman–Crippen LogP) is 7.83. The molecule has 1 aromatic heterocycles. The van der Waals surface area contributed by atoms with E-state index in [9.17, 15) is 9.90 Å². The second kappa shape index (κ2) is 10.9. The molecule has 1 unspecified atom stereocenters. The molecular formula is C29H29Cl2N3O3. The number of aryl methyl sites for hydroxylation is 2. The highest BCUT2D eigenvalue weighted by atomic mass is 35.5. The Bertz CT molecular complexity index is 1460. The summed E-state index contributed by atoms with van der Waals surface area (Å²) < 4.78 is 7.28. The highest BCUT2D eigenvalue weighted by molar-refractivity contribution is 6.31. The maximum absolute atomic E-state index is 12.7. The molecule has 3 aromatic carbocycles. The number of anilines is 1. The van der Waals surface area contributed by atoms with E-state index in [0.717, 1.165) is 28.1 Å². The number of benzene rings is 3. The molecule has 2 N–H and O–H groups in total. The Labute approximate surface area is 226 Å². The number of hydrogen-bond acceptors (Lipinski definition) is 4. The topological polar surface area (TPSA) is 76.4 Å². The minimum Gasteiger partial charge on any atom is -0.494 e. The van der Waals surface area contributed by atoms with Gasteiger partial charge in [0.15, 0.2) is 5.69 Å². The lowest BCUT2D eigenvalue weighted by Crippen LogP contribution is -2.19. The highest BCUT2D eigenvalue weighted by Gasteiger charge is 2.33. The number of nitrogens with one attached hydrogen (secondary N) is 1. The second-order valence-corrected chi connectivity index (χ2v) is 10.1. The van der Waals surface area contributed by atoms with Gasteiger partial charge in [-0.3, -0.25) is 0 Å². The zero-order valence-electron chi connectivity index (χ0n) is 21.3. The van der Waals surface area contributed by atoms with Crippen molar-refractivity contribution in [2.24, 2.45) is 0 Å². The van der Waals surface area contributed by atoms with Gasteiger partial charge in [-0.1, -0.05) is 61.3 Å². The number of aromatic carboxylic acids is 1. The fraction of sp³-hybridized carbons (Fsp3) is 0.241. The van der Waals surface area contributed by atoms with Crippen LogP contribution in [0.1, 0.15) is 64.2 Å². The van der Waals surface area contributed by atoms with Gasteiger partial charge in [-0.25, -0.2) is 9.48 Å². The largest absolute Gasteiger partial charge is 0.494 e. The number of ether oxygens (including phenoxy) is 1. The molecule has 192 valence electrons. The van der Waals surface area contributed by atoms with Crippen LogP contribution in [0, 0.1) is 13.8 Å². The molecule has 4 rings (SSSR count). The van der Waals surface area contributed by atoms with E-state index in [-0.39, 0.29) is 11.6 Å². The number of hydrogen-bond donors (Lipinski definition) is 2. The number of carboxylic acids is 1. The molecule has 0 amide bonds. The van der Waals surface area contributed by atoms with Gasteiger partial charge in [-0.15, -0.1) is 0 Å². The standard InChI is InChI=1S/C29H29Cl2N3O3/c1-16(2)28-25(27(29(35)36)33-34(28)23-8-6-7-9-24(23)37-5)26(21-13-12-19(30)14-18(21)4)32-22-15-20(31)11-10-17(22)3/h6-16,26,32H,1-5H3,(H,35,36). The van der Waals surface area contributed by atoms with E-state index < -0.39 is 12.0 Å². The van der Waals surface area contributed by atoms with Crippen molar-refractivity contribution in [2.45, 2.75) is 39.7 Å². The Hall–Kier alpha value is -3.48. The summed E-state index contributed by atoms with van der Waals surface area (Å²) in [6, 6.07) is 18.1. The van der Waals surface area contributed by atoms with Crippen LogP contribution in [0.4, 0.5) is 5.69 Å². The minimum atomic E-state index is -1.12. The monoisotopic (exact) mass is 537 g/mol. The lowest BCUT2D eigenvalue weighted by molar-refractivity contribution is 0.0688. The number of methoxy groups -OCH3 is 1. The summed E-state index contributed by atoms with van der Waals surface area (Å²) in [5.41, 5.74) is 5.51. The third-order valence-corrected chi connectivity index (χ3v) is 6.82. The lowest BCUT2D eigenvalue weighted by atomic mass is 9.89. The molecule has 1 atom stereocenters. The summed E-state index contributed by atoms with van der Waals surface area (Å²) in [5.74, 6) is -0.599. The molecule has 0 fully saturated rings. The van der Waals surface area contributed by atoms with Gasteiger partial charge in [0.25, 0.3) is 0 Å². The van der Waals surface area contributed by atoms with Gasteiger partial charge < -0.3 is 15.2 Å². The molecule has 0 spiro atoms. The average Bonchev–Trinajstić information content (AvgIpc) is 3.26. The molecule has 0 saturated carbocycles. The van der Waals surface area contributed by atoms with Crippen molar-refractivity contribution >= 4 is 34.9 Å². The van der Waals surface area contributed by atoms with Crippen LogP contribution >= 0.6 is 23.2 Å².